The first-order valence-electron chi connectivity index (χ1n) is 13.6. The van der Waals surface area contributed by atoms with Gasteiger partial charge in [0, 0.05) is 46.1 Å². The Morgan fingerprint density at radius 1 is 0.561 bits per heavy atom. The van der Waals surface area contributed by atoms with Gasteiger partial charge in [-0.1, -0.05) is 83.9 Å². The van der Waals surface area contributed by atoms with Crippen molar-refractivity contribution in [1.82, 2.24) is 15.0 Å². The molecule has 0 saturated carbocycles. The Hall–Kier alpha value is -3.90. The minimum Gasteiger partial charge on any atom is -0.657 e. The third kappa shape index (κ3) is 5.29. The fraction of sp³-hybridized carbons (Fsp3) is 0.171. The number of para-hydroxylation sites is 2. The molecule has 0 unspecified atom stereocenters. The van der Waals surface area contributed by atoms with E-state index in [-0.39, 0.29) is 22.4 Å². The first-order valence-corrected chi connectivity index (χ1v) is 13.6. The predicted molar refractivity (Wildman–Crippen MR) is 167 cm³/mol. The van der Waals surface area contributed by atoms with Gasteiger partial charge >= 0.3 is 0 Å². The molecular formula is C35H33AuN5-2. The van der Waals surface area contributed by atoms with Crippen LogP contribution in [0.15, 0.2) is 85.2 Å². The molecule has 0 fully saturated rings. The molecule has 0 saturated heterocycles. The topological polar surface area (TPSA) is 46.4 Å². The van der Waals surface area contributed by atoms with E-state index < -0.39 is 0 Å². The van der Waals surface area contributed by atoms with Crippen LogP contribution in [-0.4, -0.2) is 9.97 Å². The Labute approximate surface area is 257 Å². The first-order chi connectivity index (χ1) is 19.3. The minimum absolute atomic E-state index is 0. The average molecular weight is 721 g/mol. The molecule has 0 spiro atoms. The maximum Gasteiger partial charge on any atom is 0.145 e. The van der Waals surface area contributed by atoms with Crippen LogP contribution in [0.25, 0.3) is 21.8 Å². The zero-order chi connectivity index (χ0) is 28.0. The van der Waals surface area contributed by atoms with Crippen LogP contribution >= 0.6 is 0 Å². The van der Waals surface area contributed by atoms with Gasteiger partial charge in [-0.3, -0.25) is 0 Å². The summed E-state index contributed by atoms with van der Waals surface area (Å²) in [5.74, 6) is 1.74. The number of hydrogen-bond acceptors (Lipinski definition) is 4. The minimum atomic E-state index is 0. The van der Waals surface area contributed by atoms with E-state index in [0.717, 1.165) is 22.7 Å². The molecule has 0 amide bonds. The molecule has 0 bridgehead atoms. The molecule has 1 aliphatic heterocycles. The molecule has 211 valence electrons. The molecule has 2 aromatic heterocycles. The van der Waals surface area contributed by atoms with Crippen molar-refractivity contribution < 1.29 is 22.4 Å². The zero-order valence-corrected chi connectivity index (χ0v) is 26.4. The number of aryl methyl sites for hydroxylation is 6. The smallest absolute Gasteiger partial charge is 0.145 e. The molecule has 41 heavy (non-hydrogen) atoms. The van der Waals surface area contributed by atoms with Gasteiger partial charge in [0.1, 0.15) is 11.6 Å². The summed E-state index contributed by atoms with van der Waals surface area (Å²) >= 11 is 0. The average Bonchev–Trinajstić information content (AvgIpc) is 3.47. The van der Waals surface area contributed by atoms with Crippen LogP contribution in [0.3, 0.4) is 0 Å². The standard InChI is InChI=1S/C23H25N4.C12H8N.Au/c1-14-9-16(3)20(17(4)10-14)26-13-27(23-22(26)24-7-8-25-23)21-18(5)11-15(2)12-19(21)6;1-3-7-11-9(5-1)10-6-2-4-8-12(10)13-11;/h7-13H,1-6H3;1-8H;/q2*-1;. The van der Waals surface area contributed by atoms with Gasteiger partial charge in [0.15, 0.2) is 0 Å². The summed E-state index contributed by atoms with van der Waals surface area (Å²) in [4.78, 5) is 18.2. The predicted octanol–water partition coefficient (Wildman–Crippen LogP) is 8.68. The van der Waals surface area contributed by atoms with E-state index >= 15 is 0 Å². The number of anilines is 4. The van der Waals surface area contributed by atoms with Crippen LogP contribution in [0, 0.1) is 48.2 Å². The van der Waals surface area contributed by atoms with Crippen molar-refractivity contribution in [1.29, 1.82) is 0 Å². The molecule has 6 aromatic rings. The third-order valence-corrected chi connectivity index (χ3v) is 7.44. The maximum atomic E-state index is 4.66. The van der Waals surface area contributed by atoms with E-state index in [0.29, 0.717) is 0 Å². The number of hydrogen-bond donors (Lipinski definition) is 0. The summed E-state index contributed by atoms with van der Waals surface area (Å²) in [5.41, 5.74) is 12.0. The van der Waals surface area contributed by atoms with Gasteiger partial charge in [0.05, 0.1) is 0 Å². The van der Waals surface area contributed by atoms with Crippen molar-refractivity contribution in [3.63, 3.8) is 0 Å². The van der Waals surface area contributed by atoms with Gasteiger partial charge in [-0.05, 0) is 74.6 Å². The number of aromatic nitrogens is 3. The van der Waals surface area contributed by atoms with Crippen LogP contribution < -0.4 is 14.8 Å². The Morgan fingerprint density at radius 3 is 1.32 bits per heavy atom. The van der Waals surface area contributed by atoms with E-state index in [4.69, 9.17) is 0 Å². The molecule has 0 N–H and O–H groups in total. The van der Waals surface area contributed by atoms with Crippen molar-refractivity contribution in [2.24, 2.45) is 0 Å². The van der Waals surface area contributed by atoms with Gasteiger partial charge in [0.25, 0.3) is 0 Å². The van der Waals surface area contributed by atoms with E-state index in [1.54, 1.807) is 12.4 Å². The monoisotopic (exact) mass is 720 g/mol. The Balaban J connectivity index is 0.000000201. The molecule has 0 atom stereocenters. The van der Waals surface area contributed by atoms with Gasteiger partial charge < -0.3 is 14.8 Å². The van der Waals surface area contributed by atoms with Gasteiger partial charge in [-0.25, -0.2) is 9.97 Å². The van der Waals surface area contributed by atoms with Crippen molar-refractivity contribution in [2.45, 2.75) is 41.5 Å². The molecule has 5 nitrogen and oxygen atoms in total. The van der Waals surface area contributed by atoms with Crippen LogP contribution in [0.5, 0.6) is 0 Å². The molecule has 4 aromatic carbocycles. The number of benzene rings is 4. The van der Waals surface area contributed by atoms with Gasteiger partial charge in [-0.2, -0.15) is 0 Å². The van der Waals surface area contributed by atoms with E-state index in [1.807, 2.05) is 12.1 Å². The normalized spacial score (nSPS) is 12.2. The van der Waals surface area contributed by atoms with Crippen molar-refractivity contribution in [2.75, 3.05) is 9.80 Å². The van der Waals surface area contributed by atoms with Crippen LogP contribution in [0.1, 0.15) is 33.4 Å². The van der Waals surface area contributed by atoms with Crippen LogP contribution in [0.4, 0.5) is 23.0 Å². The SMILES string of the molecule is Cc1cc(C)c(N2[CH-]N(c3c(C)cc(C)cc3C)c3nccnc32)c(C)c1.[Au].c1ccc2c(c1)[n-]c1ccccc12. The van der Waals surface area contributed by atoms with Gasteiger partial charge in [0.2, 0.25) is 0 Å². The van der Waals surface area contributed by atoms with E-state index in [1.165, 1.54) is 55.5 Å². The molecule has 7 rings (SSSR count). The zero-order valence-electron chi connectivity index (χ0n) is 24.2. The first kappa shape index (κ1) is 28.6. The molecule has 6 heteroatoms. The van der Waals surface area contributed by atoms with E-state index in [9.17, 15) is 0 Å². The number of fused-ring (bicyclic) bond motifs is 4. The second-order valence-electron chi connectivity index (χ2n) is 10.7. The van der Waals surface area contributed by atoms with Crippen molar-refractivity contribution in [3.8, 4) is 0 Å². The summed E-state index contributed by atoms with van der Waals surface area (Å²) in [7, 11) is 0. The second-order valence-corrected chi connectivity index (χ2v) is 10.7. The Bertz CT molecular complexity index is 1690. The van der Waals surface area contributed by atoms with Gasteiger partial charge in [-0.15, -0.1) is 17.7 Å². The van der Waals surface area contributed by atoms with Crippen LogP contribution in [0.2, 0.25) is 0 Å². The van der Waals surface area contributed by atoms with Crippen molar-refractivity contribution in [3.05, 3.63) is 125 Å². The number of nitrogens with zero attached hydrogens (tertiary/aromatic N) is 5. The summed E-state index contributed by atoms with van der Waals surface area (Å²) < 4.78 is 0. The molecule has 1 radical (unpaired) electrons. The summed E-state index contributed by atoms with van der Waals surface area (Å²) in [5, 5.41) is 2.50. The summed E-state index contributed by atoms with van der Waals surface area (Å²) in [6.45, 7) is 15.0. The molecule has 1 aliphatic rings. The third-order valence-electron chi connectivity index (χ3n) is 7.44. The maximum absolute atomic E-state index is 4.66. The largest absolute Gasteiger partial charge is 0.657 e. The Kier molecular flexibility index (Phi) is 8.05. The molecule has 0 aliphatic carbocycles. The summed E-state index contributed by atoms with van der Waals surface area (Å²) in [6, 6.07) is 25.4. The summed E-state index contributed by atoms with van der Waals surface area (Å²) in [6.07, 6.45) is 3.52. The quantitative estimate of drug-likeness (QED) is 0.132. The van der Waals surface area contributed by atoms with Crippen LogP contribution in [-0.2, 0) is 22.4 Å². The Morgan fingerprint density at radius 2 is 0.927 bits per heavy atom. The molecule has 3 heterocycles. The molecular weight excluding hydrogens is 687 g/mol. The fourth-order valence-corrected chi connectivity index (χ4v) is 6.05. The fourth-order valence-electron chi connectivity index (χ4n) is 6.05. The number of rotatable bonds is 2. The van der Waals surface area contributed by atoms with E-state index in [2.05, 4.69) is 134 Å². The van der Waals surface area contributed by atoms with Crippen molar-refractivity contribution >= 4 is 44.8 Å². The second kappa shape index (κ2) is 11.5.